The van der Waals surface area contributed by atoms with Crippen LogP contribution < -0.4 is 4.74 Å². The number of terminal acetylenes is 1. The topological polar surface area (TPSA) is 9.23 Å². The molecule has 0 heterocycles. The summed E-state index contributed by atoms with van der Waals surface area (Å²) in [5.74, 6) is 1.11. The number of halogens is 3. The molecule has 0 aliphatic rings. The van der Waals surface area contributed by atoms with Crippen LogP contribution in [0.3, 0.4) is 0 Å². The summed E-state index contributed by atoms with van der Waals surface area (Å²) in [6.07, 6.45) is 6.26. The average molecular weight is 275 g/mol. The van der Waals surface area contributed by atoms with Crippen LogP contribution in [0, 0.1) is 24.0 Å². The first-order valence-corrected chi connectivity index (χ1v) is 5.15. The molecule has 1 aromatic rings. The number of ether oxygens (including phenoxy) is 1. The highest BCUT2D eigenvalue weighted by atomic mass is 79.9. The van der Waals surface area contributed by atoms with Crippen molar-refractivity contribution in [2.45, 2.75) is 12.8 Å². The second-order valence-electron chi connectivity index (χ2n) is 2.85. The van der Waals surface area contributed by atoms with Crippen molar-refractivity contribution in [3.05, 3.63) is 28.2 Å². The summed E-state index contributed by atoms with van der Waals surface area (Å²) >= 11 is 3.02. The molecule has 1 aromatic carbocycles. The van der Waals surface area contributed by atoms with Crippen molar-refractivity contribution >= 4 is 15.9 Å². The van der Waals surface area contributed by atoms with E-state index in [0.717, 1.165) is 12.1 Å². The summed E-state index contributed by atoms with van der Waals surface area (Å²) in [6.45, 7) is 0.311. The van der Waals surface area contributed by atoms with Gasteiger partial charge in [-0.05, 0) is 28.4 Å². The van der Waals surface area contributed by atoms with Gasteiger partial charge < -0.3 is 4.74 Å². The summed E-state index contributed by atoms with van der Waals surface area (Å²) in [7, 11) is 0. The molecule has 0 N–H and O–H groups in total. The highest BCUT2D eigenvalue weighted by molar-refractivity contribution is 9.10. The van der Waals surface area contributed by atoms with Gasteiger partial charge in [-0.1, -0.05) is 0 Å². The smallest absolute Gasteiger partial charge is 0.169 e. The SMILES string of the molecule is C#CCCCOc1c(F)cc(F)cc1Br. The predicted molar refractivity (Wildman–Crippen MR) is 57.6 cm³/mol. The van der Waals surface area contributed by atoms with Crippen molar-refractivity contribution in [2.24, 2.45) is 0 Å². The van der Waals surface area contributed by atoms with E-state index in [-0.39, 0.29) is 10.2 Å². The largest absolute Gasteiger partial charge is 0.489 e. The Morgan fingerprint density at radius 3 is 2.73 bits per heavy atom. The lowest BCUT2D eigenvalue weighted by Crippen LogP contribution is -2.00. The zero-order valence-corrected chi connectivity index (χ0v) is 9.48. The molecule has 0 saturated carbocycles. The third-order valence-electron chi connectivity index (χ3n) is 1.67. The summed E-state index contributed by atoms with van der Waals surface area (Å²) in [5, 5.41) is 0. The molecule has 0 saturated heterocycles. The van der Waals surface area contributed by atoms with E-state index in [1.807, 2.05) is 0 Å². The molecule has 0 fully saturated rings. The summed E-state index contributed by atoms with van der Waals surface area (Å²) in [6, 6.07) is 1.93. The monoisotopic (exact) mass is 274 g/mol. The minimum absolute atomic E-state index is 0.0217. The molecular formula is C11H9BrF2O. The highest BCUT2D eigenvalue weighted by Gasteiger charge is 2.10. The second kappa shape index (κ2) is 5.72. The maximum absolute atomic E-state index is 13.2. The molecule has 0 aliphatic heterocycles. The number of hydrogen-bond acceptors (Lipinski definition) is 1. The van der Waals surface area contributed by atoms with Crippen LogP contribution in [0.4, 0.5) is 8.78 Å². The van der Waals surface area contributed by atoms with E-state index in [1.165, 1.54) is 0 Å². The standard InChI is InChI=1S/C11H9BrF2O/c1-2-3-4-5-15-11-9(12)6-8(13)7-10(11)14/h1,6-7H,3-5H2. The van der Waals surface area contributed by atoms with Gasteiger partial charge in [0.2, 0.25) is 0 Å². The van der Waals surface area contributed by atoms with E-state index in [1.54, 1.807) is 0 Å². The van der Waals surface area contributed by atoms with Crippen molar-refractivity contribution in [3.8, 4) is 18.1 Å². The third kappa shape index (κ3) is 3.52. The van der Waals surface area contributed by atoms with Gasteiger partial charge in [0.05, 0.1) is 11.1 Å². The van der Waals surface area contributed by atoms with E-state index >= 15 is 0 Å². The minimum atomic E-state index is -0.720. The Balaban J connectivity index is 2.65. The van der Waals surface area contributed by atoms with Crippen molar-refractivity contribution in [2.75, 3.05) is 6.61 Å². The lowest BCUT2D eigenvalue weighted by Gasteiger charge is -2.08. The molecule has 15 heavy (non-hydrogen) atoms. The van der Waals surface area contributed by atoms with Gasteiger partial charge in [0.1, 0.15) is 5.82 Å². The molecule has 0 aromatic heterocycles. The van der Waals surface area contributed by atoms with Crippen LogP contribution >= 0.6 is 15.9 Å². The molecule has 1 nitrogen and oxygen atoms in total. The van der Waals surface area contributed by atoms with Crippen LogP contribution in [-0.4, -0.2) is 6.61 Å². The van der Waals surface area contributed by atoms with Crippen molar-refractivity contribution in [1.82, 2.24) is 0 Å². The first-order chi connectivity index (χ1) is 7.15. The fourth-order valence-electron chi connectivity index (χ4n) is 1.02. The Bertz CT molecular complexity index is 362. The van der Waals surface area contributed by atoms with Gasteiger partial charge in [0, 0.05) is 12.5 Å². The van der Waals surface area contributed by atoms with Gasteiger partial charge in [-0.2, -0.15) is 0 Å². The molecule has 0 unspecified atom stereocenters. The Kier molecular flexibility index (Phi) is 4.57. The molecule has 1 rings (SSSR count). The highest BCUT2D eigenvalue weighted by Crippen LogP contribution is 2.29. The second-order valence-corrected chi connectivity index (χ2v) is 3.71. The zero-order chi connectivity index (χ0) is 11.3. The summed E-state index contributed by atoms with van der Waals surface area (Å²) < 4.78 is 31.3. The summed E-state index contributed by atoms with van der Waals surface area (Å²) in [5.41, 5.74) is 0. The first kappa shape index (κ1) is 12.0. The fourth-order valence-corrected chi connectivity index (χ4v) is 1.54. The van der Waals surface area contributed by atoms with Gasteiger partial charge in [-0.15, -0.1) is 12.3 Å². The van der Waals surface area contributed by atoms with Crippen molar-refractivity contribution in [3.63, 3.8) is 0 Å². The van der Waals surface area contributed by atoms with Gasteiger partial charge in [-0.25, -0.2) is 8.78 Å². The number of benzene rings is 1. The average Bonchev–Trinajstić information content (AvgIpc) is 2.15. The molecule has 4 heteroatoms. The Hall–Kier alpha value is -1.08. The number of unbranched alkanes of at least 4 members (excludes halogenated alkanes) is 1. The van der Waals surface area contributed by atoms with E-state index in [4.69, 9.17) is 11.2 Å². The van der Waals surface area contributed by atoms with Crippen molar-refractivity contribution < 1.29 is 13.5 Å². The summed E-state index contributed by atoms with van der Waals surface area (Å²) in [4.78, 5) is 0. The van der Waals surface area contributed by atoms with Crippen LogP contribution in [-0.2, 0) is 0 Å². The van der Waals surface area contributed by atoms with Gasteiger partial charge in [0.15, 0.2) is 11.6 Å². The molecule has 0 radical (unpaired) electrons. The van der Waals surface area contributed by atoms with Crippen molar-refractivity contribution in [1.29, 1.82) is 0 Å². The van der Waals surface area contributed by atoms with Crippen LogP contribution in [0.2, 0.25) is 0 Å². The third-order valence-corrected chi connectivity index (χ3v) is 2.26. The minimum Gasteiger partial charge on any atom is -0.489 e. The van der Waals surface area contributed by atoms with Crippen LogP contribution in [0.1, 0.15) is 12.8 Å². The lowest BCUT2D eigenvalue weighted by molar-refractivity contribution is 0.294. The number of hydrogen-bond donors (Lipinski definition) is 0. The maximum Gasteiger partial charge on any atom is 0.169 e. The van der Waals surface area contributed by atoms with Crippen LogP contribution in [0.25, 0.3) is 0 Å². The quantitative estimate of drug-likeness (QED) is 0.603. The molecule has 80 valence electrons. The molecule has 0 amide bonds. The molecular weight excluding hydrogens is 266 g/mol. The molecule has 0 spiro atoms. The zero-order valence-electron chi connectivity index (χ0n) is 7.90. The lowest BCUT2D eigenvalue weighted by atomic mass is 10.3. The van der Waals surface area contributed by atoms with Gasteiger partial charge >= 0.3 is 0 Å². The predicted octanol–water partition coefficient (Wildman–Crippen LogP) is 3.52. The first-order valence-electron chi connectivity index (χ1n) is 4.36. The van der Waals surface area contributed by atoms with Crippen LogP contribution in [0.15, 0.2) is 16.6 Å². The Morgan fingerprint density at radius 1 is 1.40 bits per heavy atom. The van der Waals surface area contributed by atoms with Gasteiger partial charge in [-0.3, -0.25) is 0 Å². The Labute approximate surface area is 95.6 Å². The van der Waals surface area contributed by atoms with E-state index in [0.29, 0.717) is 19.4 Å². The van der Waals surface area contributed by atoms with E-state index in [2.05, 4.69) is 21.9 Å². The van der Waals surface area contributed by atoms with E-state index < -0.39 is 11.6 Å². The molecule has 0 aliphatic carbocycles. The van der Waals surface area contributed by atoms with Gasteiger partial charge in [0.25, 0.3) is 0 Å². The van der Waals surface area contributed by atoms with Crippen LogP contribution in [0.5, 0.6) is 5.75 Å². The van der Waals surface area contributed by atoms with E-state index in [9.17, 15) is 8.78 Å². The maximum atomic E-state index is 13.2. The number of rotatable bonds is 4. The normalized spacial score (nSPS) is 9.73. The Morgan fingerprint density at radius 2 is 2.13 bits per heavy atom. The molecule has 0 bridgehead atoms. The molecule has 0 atom stereocenters. The fraction of sp³-hybridized carbons (Fsp3) is 0.273.